The molecule has 19 heavy (non-hydrogen) atoms. The Hall–Kier alpha value is -2.32. The maximum absolute atomic E-state index is 8.46. The van der Waals surface area contributed by atoms with Crippen molar-refractivity contribution in [1.29, 1.82) is 5.26 Å². The summed E-state index contributed by atoms with van der Waals surface area (Å²) in [5, 5.41) is 15.6. The first kappa shape index (κ1) is 13.1. The zero-order chi connectivity index (χ0) is 13.5. The number of aryl methyl sites for hydroxylation is 1. The van der Waals surface area contributed by atoms with Crippen molar-refractivity contribution in [2.45, 2.75) is 20.0 Å². The van der Waals surface area contributed by atoms with Crippen molar-refractivity contribution >= 4 is 0 Å². The molecule has 0 aliphatic heterocycles. The summed E-state index contributed by atoms with van der Waals surface area (Å²) in [6.07, 6.45) is 0. The lowest BCUT2D eigenvalue weighted by Crippen LogP contribution is -2.12. The van der Waals surface area contributed by atoms with E-state index in [2.05, 4.69) is 10.5 Å². The summed E-state index contributed by atoms with van der Waals surface area (Å²) in [7, 11) is 0. The van der Waals surface area contributed by atoms with Gasteiger partial charge in [-0.25, -0.2) is 0 Å². The molecule has 2 rings (SSSR count). The number of hydrogen-bond donors (Lipinski definition) is 1. The van der Waals surface area contributed by atoms with Crippen molar-refractivity contribution in [3.63, 3.8) is 0 Å². The second-order valence-electron chi connectivity index (χ2n) is 4.13. The fraction of sp³-hybridized carbons (Fsp3) is 0.286. The average Bonchev–Trinajstić information content (AvgIpc) is 2.83. The Balaban J connectivity index is 1.84. The zero-order valence-corrected chi connectivity index (χ0v) is 10.7. The SMILES string of the molecule is Cc1cc(CNCc2cccc(OCC#N)c2)no1. The minimum atomic E-state index is 0.0646. The molecular weight excluding hydrogens is 242 g/mol. The highest BCUT2D eigenvalue weighted by Gasteiger charge is 2.00. The number of nitrogens with one attached hydrogen (secondary N) is 1. The van der Waals surface area contributed by atoms with Gasteiger partial charge >= 0.3 is 0 Å². The van der Waals surface area contributed by atoms with E-state index in [-0.39, 0.29) is 6.61 Å². The molecule has 2 aromatic rings. The molecule has 5 nitrogen and oxygen atoms in total. The first-order valence-corrected chi connectivity index (χ1v) is 5.99. The Labute approximate surface area is 111 Å². The molecule has 0 aliphatic carbocycles. The van der Waals surface area contributed by atoms with Gasteiger partial charge in [0.25, 0.3) is 0 Å². The van der Waals surface area contributed by atoms with Crippen LogP contribution in [0.3, 0.4) is 0 Å². The first-order chi connectivity index (χ1) is 9.28. The third-order valence-corrected chi connectivity index (χ3v) is 2.51. The molecule has 0 aliphatic rings. The molecule has 0 atom stereocenters. The maximum Gasteiger partial charge on any atom is 0.174 e. The fourth-order valence-electron chi connectivity index (χ4n) is 1.70. The van der Waals surface area contributed by atoms with Crippen molar-refractivity contribution in [1.82, 2.24) is 10.5 Å². The van der Waals surface area contributed by atoms with Crippen LogP contribution in [0.2, 0.25) is 0 Å². The number of nitrogens with zero attached hydrogens (tertiary/aromatic N) is 2. The highest BCUT2D eigenvalue weighted by molar-refractivity contribution is 5.28. The number of ether oxygens (including phenoxy) is 1. The van der Waals surface area contributed by atoms with Crippen LogP contribution in [-0.4, -0.2) is 11.8 Å². The van der Waals surface area contributed by atoms with Crippen molar-refractivity contribution in [3.8, 4) is 11.8 Å². The van der Waals surface area contributed by atoms with Crippen molar-refractivity contribution in [2.24, 2.45) is 0 Å². The lowest BCUT2D eigenvalue weighted by atomic mass is 10.2. The molecule has 0 saturated heterocycles. The van der Waals surface area contributed by atoms with E-state index in [9.17, 15) is 0 Å². The quantitative estimate of drug-likeness (QED) is 0.858. The molecule has 0 fully saturated rings. The summed E-state index contributed by atoms with van der Waals surface area (Å²) < 4.78 is 10.2. The van der Waals surface area contributed by atoms with Gasteiger partial charge in [-0.05, 0) is 24.6 Å². The minimum Gasteiger partial charge on any atom is -0.479 e. The van der Waals surface area contributed by atoms with E-state index in [0.717, 1.165) is 17.0 Å². The number of aromatic nitrogens is 1. The normalized spacial score (nSPS) is 10.1. The topological polar surface area (TPSA) is 71.1 Å². The smallest absolute Gasteiger partial charge is 0.174 e. The Kier molecular flexibility index (Phi) is 4.54. The fourth-order valence-corrected chi connectivity index (χ4v) is 1.70. The maximum atomic E-state index is 8.46. The van der Waals surface area contributed by atoms with Gasteiger partial charge in [0.15, 0.2) is 6.61 Å². The number of rotatable bonds is 6. The van der Waals surface area contributed by atoms with Crippen molar-refractivity contribution in [3.05, 3.63) is 47.3 Å². The van der Waals surface area contributed by atoms with Crippen LogP contribution < -0.4 is 10.1 Å². The predicted octanol–water partition coefficient (Wildman–Crippen LogP) is 2.18. The Bertz CT molecular complexity index is 572. The largest absolute Gasteiger partial charge is 0.479 e. The third kappa shape index (κ3) is 4.12. The summed E-state index contributed by atoms with van der Waals surface area (Å²) in [5.74, 6) is 1.52. The molecule has 0 radical (unpaired) electrons. The van der Waals surface area contributed by atoms with E-state index in [1.54, 1.807) is 0 Å². The number of hydrogen-bond acceptors (Lipinski definition) is 5. The summed E-state index contributed by atoms with van der Waals surface area (Å²) in [6.45, 7) is 3.29. The van der Waals surface area contributed by atoms with Crippen LogP contribution in [-0.2, 0) is 13.1 Å². The summed E-state index contributed by atoms with van der Waals surface area (Å²) in [6, 6.07) is 11.5. The highest BCUT2D eigenvalue weighted by Crippen LogP contribution is 2.13. The standard InChI is InChI=1S/C14H15N3O2/c1-11-7-13(17-19-11)10-16-9-12-3-2-4-14(8-12)18-6-5-15/h2-4,7-8,16H,6,9-10H2,1H3. The van der Waals surface area contributed by atoms with Crippen LogP contribution in [0.4, 0.5) is 0 Å². The second kappa shape index (κ2) is 6.57. The summed E-state index contributed by atoms with van der Waals surface area (Å²) >= 11 is 0. The molecule has 0 amide bonds. The zero-order valence-electron chi connectivity index (χ0n) is 10.7. The molecule has 0 spiro atoms. The highest BCUT2D eigenvalue weighted by atomic mass is 16.5. The van der Waals surface area contributed by atoms with Crippen LogP contribution in [0.5, 0.6) is 5.75 Å². The van der Waals surface area contributed by atoms with E-state index >= 15 is 0 Å². The molecule has 1 N–H and O–H groups in total. The molecule has 1 aromatic carbocycles. The first-order valence-electron chi connectivity index (χ1n) is 5.99. The lowest BCUT2D eigenvalue weighted by Gasteiger charge is -2.06. The monoisotopic (exact) mass is 257 g/mol. The van der Waals surface area contributed by atoms with Gasteiger partial charge in [-0.2, -0.15) is 5.26 Å². The van der Waals surface area contributed by atoms with Crippen LogP contribution in [0.25, 0.3) is 0 Å². The number of benzene rings is 1. The average molecular weight is 257 g/mol. The Morgan fingerprint density at radius 3 is 3.00 bits per heavy atom. The van der Waals surface area contributed by atoms with Crippen molar-refractivity contribution in [2.75, 3.05) is 6.61 Å². The van der Waals surface area contributed by atoms with Crippen LogP contribution in [0.15, 0.2) is 34.9 Å². The summed E-state index contributed by atoms with van der Waals surface area (Å²) in [5.41, 5.74) is 1.98. The molecule has 0 unspecified atom stereocenters. The second-order valence-corrected chi connectivity index (χ2v) is 4.13. The van der Waals surface area contributed by atoms with Crippen LogP contribution >= 0.6 is 0 Å². The van der Waals surface area contributed by atoms with Gasteiger partial charge in [-0.15, -0.1) is 0 Å². The van der Waals surface area contributed by atoms with Gasteiger partial charge in [-0.3, -0.25) is 0 Å². The molecule has 1 aromatic heterocycles. The van der Waals surface area contributed by atoms with Gasteiger partial charge in [0.05, 0.1) is 5.69 Å². The Morgan fingerprint density at radius 2 is 2.26 bits per heavy atom. The number of nitriles is 1. The van der Waals surface area contributed by atoms with E-state index in [4.69, 9.17) is 14.5 Å². The Morgan fingerprint density at radius 1 is 1.37 bits per heavy atom. The molecular formula is C14H15N3O2. The minimum absolute atomic E-state index is 0.0646. The molecule has 5 heteroatoms. The van der Waals surface area contributed by atoms with E-state index in [0.29, 0.717) is 18.8 Å². The van der Waals surface area contributed by atoms with E-state index < -0.39 is 0 Å². The molecule has 1 heterocycles. The third-order valence-electron chi connectivity index (χ3n) is 2.51. The van der Waals surface area contributed by atoms with Gasteiger partial charge in [0, 0.05) is 19.2 Å². The lowest BCUT2D eigenvalue weighted by molar-refractivity contribution is 0.367. The molecule has 98 valence electrons. The van der Waals surface area contributed by atoms with Gasteiger partial charge in [0.1, 0.15) is 17.6 Å². The van der Waals surface area contributed by atoms with Crippen molar-refractivity contribution < 1.29 is 9.26 Å². The molecule has 0 bridgehead atoms. The summed E-state index contributed by atoms with van der Waals surface area (Å²) in [4.78, 5) is 0. The van der Waals surface area contributed by atoms with Crippen LogP contribution in [0, 0.1) is 18.3 Å². The van der Waals surface area contributed by atoms with Gasteiger partial charge < -0.3 is 14.6 Å². The van der Waals surface area contributed by atoms with E-state index in [1.807, 2.05) is 43.3 Å². The van der Waals surface area contributed by atoms with E-state index in [1.165, 1.54) is 0 Å². The van der Waals surface area contributed by atoms with Gasteiger partial charge in [-0.1, -0.05) is 17.3 Å². The van der Waals surface area contributed by atoms with Crippen LogP contribution in [0.1, 0.15) is 17.0 Å². The predicted molar refractivity (Wildman–Crippen MR) is 69.3 cm³/mol. The molecule has 0 saturated carbocycles. The van der Waals surface area contributed by atoms with Gasteiger partial charge in [0.2, 0.25) is 0 Å².